The van der Waals surface area contributed by atoms with Crippen molar-refractivity contribution >= 4 is 44.8 Å². The van der Waals surface area contributed by atoms with E-state index in [1.54, 1.807) is 36.4 Å². The molecule has 4 rings (SSSR count). The maximum atomic E-state index is 12.5. The molecule has 6 nitrogen and oxygen atoms in total. The highest BCUT2D eigenvalue weighted by Gasteiger charge is 2.14. The van der Waals surface area contributed by atoms with Crippen molar-refractivity contribution in [2.75, 3.05) is 0 Å². The first-order valence-electron chi connectivity index (χ1n) is 8.99. The SMILES string of the molecule is O=C(Oc1ccc2ccccc2c1/C=N/NC(=O)c1ccc(Br)o1)c1ccccc1. The molecule has 0 aliphatic carbocycles. The van der Waals surface area contributed by atoms with Gasteiger partial charge in [0.15, 0.2) is 10.4 Å². The molecule has 0 bridgehead atoms. The van der Waals surface area contributed by atoms with Crippen LogP contribution in [0, 0.1) is 0 Å². The summed E-state index contributed by atoms with van der Waals surface area (Å²) in [5.74, 6) is -0.529. The van der Waals surface area contributed by atoms with E-state index < -0.39 is 11.9 Å². The molecule has 0 unspecified atom stereocenters. The van der Waals surface area contributed by atoms with Crippen LogP contribution in [0.4, 0.5) is 0 Å². The molecule has 0 aliphatic heterocycles. The van der Waals surface area contributed by atoms with Crippen molar-refractivity contribution in [1.82, 2.24) is 5.43 Å². The molecular formula is C23H15BrN2O4. The minimum atomic E-state index is -0.500. The van der Waals surface area contributed by atoms with Gasteiger partial charge in [0.2, 0.25) is 0 Å². The Morgan fingerprint density at radius 2 is 1.70 bits per heavy atom. The number of amides is 1. The maximum absolute atomic E-state index is 12.5. The fourth-order valence-corrected chi connectivity index (χ4v) is 3.18. The van der Waals surface area contributed by atoms with Crippen LogP contribution in [0.3, 0.4) is 0 Å². The smallest absolute Gasteiger partial charge is 0.343 e. The summed E-state index contributed by atoms with van der Waals surface area (Å²) < 4.78 is 11.3. The Balaban J connectivity index is 1.63. The van der Waals surface area contributed by atoms with Crippen LogP contribution in [0.1, 0.15) is 26.5 Å². The lowest BCUT2D eigenvalue weighted by Crippen LogP contribution is -2.17. The number of hydrogen-bond donors (Lipinski definition) is 1. The molecule has 0 aliphatic rings. The molecule has 30 heavy (non-hydrogen) atoms. The van der Waals surface area contributed by atoms with E-state index in [0.717, 1.165) is 10.8 Å². The minimum Gasteiger partial charge on any atom is -0.444 e. The maximum Gasteiger partial charge on any atom is 0.343 e. The fourth-order valence-electron chi connectivity index (χ4n) is 2.88. The highest BCUT2D eigenvalue weighted by Crippen LogP contribution is 2.27. The average molecular weight is 463 g/mol. The second-order valence-corrected chi connectivity index (χ2v) is 7.04. The number of esters is 1. The third-order valence-corrected chi connectivity index (χ3v) is 4.73. The Kier molecular flexibility index (Phi) is 5.72. The summed E-state index contributed by atoms with van der Waals surface area (Å²) in [7, 11) is 0. The average Bonchev–Trinajstić information content (AvgIpc) is 3.22. The Labute approximate surface area is 180 Å². The van der Waals surface area contributed by atoms with Gasteiger partial charge >= 0.3 is 11.9 Å². The monoisotopic (exact) mass is 462 g/mol. The Morgan fingerprint density at radius 3 is 2.47 bits per heavy atom. The van der Waals surface area contributed by atoms with E-state index >= 15 is 0 Å². The molecule has 1 amide bonds. The van der Waals surface area contributed by atoms with Crippen molar-refractivity contribution in [2.24, 2.45) is 5.10 Å². The van der Waals surface area contributed by atoms with Gasteiger partial charge in [-0.2, -0.15) is 5.10 Å². The van der Waals surface area contributed by atoms with E-state index in [1.807, 2.05) is 36.4 Å². The molecule has 148 valence electrons. The van der Waals surface area contributed by atoms with E-state index in [-0.39, 0.29) is 5.76 Å². The lowest BCUT2D eigenvalue weighted by atomic mass is 10.0. The van der Waals surface area contributed by atoms with Crippen molar-refractivity contribution in [3.63, 3.8) is 0 Å². The number of hydrazone groups is 1. The first kappa shape index (κ1) is 19.6. The summed E-state index contributed by atoms with van der Waals surface area (Å²) in [6, 6.07) is 23.0. The molecule has 0 saturated heterocycles. The molecule has 0 fully saturated rings. The number of hydrogen-bond acceptors (Lipinski definition) is 5. The number of fused-ring (bicyclic) bond motifs is 1. The molecule has 1 heterocycles. The molecule has 1 aromatic heterocycles. The molecule has 0 radical (unpaired) electrons. The van der Waals surface area contributed by atoms with Gasteiger partial charge < -0.3 is 9.15 Å². The summed E-state index contributed by atoms with van der Waals surface area (Å²) in [6.45, 7) is 0. The van der Waals surface area contributed by atoms with E-state index in [4.69, 9.17) is 9.15 Å². The topological polar surface area (TPSA) is 80.9 Å². The Morgan fingerprint density at radius 1 is 0.933 bits per heavy atom. The number of nitrogens with one attached hydrogen (secondary N) is 1. The number of rotatable bonds is 5. The number of furan rings is 1. The third-order valence-electron chi connectivity index (χ3n) is 4.30. The Hall–Kier alpha value is -3.71. The number of carbonyl (C=O) groups is 2. The van der Waals surface area contributed by atoms with Crippen LogP contribution in [0.2, 0.25) is 0 Å². The van der Waals surface area contributed by atoms with E-state index in [9.17, 15) is 9.59 Å². The second-order valence-electron chi connectivity index (χ2n) is 6.26. The van der Waals surface area contributed by atoms with Crippen molar-refractivity contribution < 1.29 is 18.7 Å². The second kappa shape index (κ2) is 8.75. The van der Waals surface area contributed by atoms with Crippen LogP contribution in [0.15, 0.2) is 93.1 Å². The fraction of sp³-hybridized carbons (Fsp3) is 0. The zero-order valence-electron chi connectivity index (χ0n) is 15.5. The normalized spacial score (nSPS) is 11.0. The predicted octanol–water partition coefficient (Wildman–Crippen LogP) is 5.18. The number of benzene rings is 3. The van der Waals surface area contributed by atoms with Crippen LogP contribution < -0.4 is 10.2 Å². The van der Waals surface area contributed by atoms with Crippen molar-refractivity contribution in [2.45, 2.75) is 0 Å². The van der Waals surface area contributed by atoms with Gasteiger partial charge in [0.1, 0.15) is 5.75 Å². The molecule has 7 heteroatoms. The van der Waals surface area contributed by atoms with Gasteiger partial charge in [0.25, 0.3) is 0 Å². The summed E-state index contributed by atoms with van der Waals surface area (Å²) in [5, 5.41) is 5.80. The van der Waals surface area contributed by atoms with Crippen molar-refractivity contribution in [1.29, 1.82) is 0 Å². The van der Waals surface area contributed by atoms with Gasteiger partial charge in [-0.05, 0) is 57.0 Å². The molecule has 0 saturated carbocycles. The van der Waals surface area contributed by atoms with Gasteiger partial charge in [-0.1, -0.05) is 48.5 Å². The van der Waals surface area contributed by atoms with E-state index in [1.165, 1.54) is 12.3 Å². The molecule has 0 spiro atoms. The highest BCUT2D eigenvalue weighted by atomic mass is 79.9. The predicted molar refractivity (Wildman–Crippen MR) is 117 cm³/mol. The quantitative estimate of drug-likeness (QED) is 0.192. The molecule has 1 N–H and O–H groups in total. The largest absolute Gasteiger partial charge is 0.444 e. The molecule has 0 atom stereocenters. The first-order chi connectivity index (χ1) is 14.6. The highest BCUT2D eigenvalue weighted by molar-refractivity contribution is 9.10. The standard InChI is InChI=1S/C23H15BrN2O4/c24-21-13-12-20(29-21)22(27)26-25-14-18-17-9-5-4-6-15(17)10-11-19(18)30-23(28)16-7-2-1-3-8-16/h1-14H,(H,26,27)/b25-14+. The zero-order chi connectivity index (χ0) is 20.9. The number of carbonyl (C=O) groups excluding carboxylic acids is 2. The Bertz CT molecular complexity index is 1250. The van der Waals surface area contributed by atoms with Gasteiger partial charge in [0.05, 0.1) is 11.8 Å². The van der Waals surface area contributed by atoms with Gasteiger partial charge in [-0.15, -0.1) is 0 Å². The van der Waals surface area contributed by atoms with Crippen LogP contribution in [-0.2, 0) is 0 Å². The van der Waals surface area contributed by atoms with Crippen molar-refractivity contribution in [3.8, 4) is 5.75 Å². The van der Waals surface area contributed by atoms with Crippen LogP contribution in [0.5, 0.6) is 5.75 Å². The summed E-state index contributed by atoms with van der Waals surface area (Å²) in [6.07, 6.45) is 1.45. The van der Waals surface area contributed by atoms with Crippen molar-refractivity contribution in [3.05, 3.63) is 100 Å². The number of nitrogens with zero attached hydrogens (tertiary/aromatic N) is 1. The van der Waals surface area contributed by atoms with Gasteiger partial charge in [-0.3, -0.25) is 4.79 Å². The van der Waals surface area contributed by atoms with Crippen LogP contribution in [-0.4, -0.2) is 18.1 Å². The summed E-state index contributed by atoms with van der Waals surface area (Å²) in [4.78, 5) is 24.7. The number of ether oxygens (including phenoxy) is 1. The lowest BCUT2D eigenvalue weighted by Gasteiger charge is -2.10. The van der Waals surface area contributed by atoms with Crippen LogP contribution >= 0.6 is 15.9 Å². The minimum absolute atomic E-state index is 0.118. The van der Waals surface area contributed by atoms with Gasteiger partial charge in [-0.25, -0.2) is 10.2 Å². The zero-order valence-corrected chi connectivity index (χ0v) is 17.1. The lowest BCUT2D eigenvalue weighted by molar-refractivity contribution is 0.0734. The van der Waals surface area contributed by atoms with Crippen LogP contribution in [0.25, 0.3) is 10.8 Å². The molecular weight excluding hydrogens is 448 g/mol. The van der Waals surface area contributed by atoms with Gasteiger partial charge in [0, 0.05) is 5.56 Å². The van der Waals surface area contributed by atoms with E-state index in [0.29, 0.717) is 21.5 Å². The van der Waals surface area contributed by atoms with E-state index in [2.05, 4.69) is 26.5 Å². The first-order valence-corrected chi connectivity index (χ1v) is 9.79. The molecule has 4 aromatic rings. The summed E-state index contributed by atoms with van der Waals surface area (Å²) in [5.41, 5.74) is 3.42. The third kappa shape index (κ3) is 4.31. The number of halogens is 1. The molecule has 3 aromatic carbocycles. The summed E-state index contributed by atoms with van der Waals surface area (Å²) >= 11 is 3.15.